The number of carbonyl (C=O) groups is 2. The van der Waals surface area contributed by atoms with E-state index >= 15 is 0 Å². The van der Waals surface area contributed by atoms with Crippen molar-refractivity contribution in [3.63, 3.8) is 0 Å². The fraction of sp³-hybridized carbons (Fsp3) is 0.769. The first-order valence-corrected chi connectivity index (χ1v) is 8.25. The second-order valence-electron chi connectivity index (χ2n) is 4.56. The number of thioether (sulfide) groups is 1. The molecule has 1 aliphatic rings. The van der Waals surface area contributed by atoms with Crippen molar-refractivity contribution in [2.45, 2.75) is 19.1 Å². The summed E-state index contributed by atoms with van der Waals surface area (Å²) >= 11 is 6.39. The van der Waals surface area contributed by atoms with Crippen LogP contribution in [0.5, 0.6) is 0 Å². The van der Waals surface area contributed by atoms with Gasteiger partial charge in [0.05, 0.1) is 13.2 Å². The van der Waals surface area contributed by atoms with Crippen LogP contribution in [0.15, 0.2) is 0 Å². The first-order chi connectivity index (χ1) is 9.99. The Hall–Kier alpha value is -0.860. The van der Waals surface area contributed by atoms with E-state index in [2.05, 4.69) is 4.90 Å². The molecular weight excluding hydrogens is 312 g/mol. The normalized spacial score (nSPS) is 15.9. The molecule has 0 aromatic rings. The molecular formula is C13H22N2O4S2. The zero-order valence-corrected chi connectivity index (χ0v) is 14.3. The number of carbonyl (C=O) groups excluding carboxylic acids is 2. The highest BCUT2D eigenvalue weighted by molar-refractivity contribution is 8.24. The highest BCUT2D eigenvalue weighted by Crippen LogP contribution is 2.20. The van der Waals surface area contributed by atoms with Gasteiger partial charge < -0.3 is 19.3 Å². The van der Waals surface area contributed by atoms with Gasteiger partial charge in [-0.1, -0.05) is 24.0 Å². The van der Waals surface area contributed by atoms with Crippen LogP contribution in [0.4, 0.5) is 0 Å². The van der Waals surface area contributed by atoms with E-state index in [1.54, 1.807) is 13.8 Å². The number of hydrogen-bond acceptors (Lipinski definition) is 7. The summed E-state index contributed by atoms with van der Waals surface area (Å²) in [6.45, 7) is 7.23. The molecule has 8 heteroatoms. The molecule has 0 atom stereocenters. The zero-order valence-electron chi connectivity index (χ0n) is 12.7. The molecule has 0 aromatic heterocycles. The number of piperazine rings is 1. The van der Waals surface area contributed by atoms with Gasteiger partial charge in [0.15, 0.2) is 0 Å². The van der Waals surface area contributed by atoms with Gasteiger partial charge in [0.2, 0.25) is 5.25 Å². The van der Waals surface area contributed by atoms with Crippen molar-refractivity contribution in [2.24, 2.45) is 0 Å². The second kappa shape index (κ2) is 9.22. The molecule has 0 bridgehead atoms. The van der Waals surface area contributed by atoms with E-state index in [1.165, 1.54) is 0 Å². The van der Waals surface area contributed by atoms with Crippen LogP contribution in [0.25, 0.3) is 0 Å². The predicted octanol–water partition coefficient (Wildman–Crippen LogP) is 0.747. The van der Waals surface area contributed by atoms with E-state index in [4.69, 9.17) is 21.7 Å². The van der Waals surface area contributed by atoms with E-state index < -0.39 is 17.2 Å². The van der Waals surface area contributed by atoms with Crippen molar-refractivity contribution < 1.29 is 19.1 Å². The first kappa shape index (κ1) is 18.2. The number of esters is 2. The third-order valence-corrected chi connectivity index (χ3v) is 4.61. The highest BCUT2D eigenvalue weighted by atomic mass is 32.2. The molecule has 0 radical (unpaired) electrons. The van der Waals surface area contributed by atoms with Crippen molar-refractivity contribution in [2.75, 3.05) is 46.4 Å². The molecule has 0 aliphatic carbocycles. The molecule has 0 aromatic carbocycles. The number of rotatable bonds is 5. The minimum atomic E-state index is -1.04. The third kappa shape index (κ3) is 5.80. The van der Waals surface area contributed by atoms with Gasteiger partial charge in [-0.15, -0.1) is 0 Å². The van der Waals surface area contributed by atoms with Gasteiger partial charge in [0, 0.05) is 26.2 Å². The monoisotopic (exact) mass is 334 g/mol. The van der Waals surface area contributed by atoms with Gasteiger partial charge >= 0.3 is 11.9 Å². The molecule has 1 fully saturated rings. The predicted molar refractivity (Wildman–Crippen MR) is 86.3 cm³/mol. The number of ether oxygens (including phenoxy) is 2. The Morgan fingerprint density at radius 1 is 1.10 bits per heavy atom. The lowest BCUT2D eigenvalue weighted by atomic mass is 10.4. The summed E-state index contributed by atoms with van der Waals surface area (Å²) < 4.78 is 10.4. The van der Waals surface area contributed by atoms with Gasteiger partial charge in [-0.2, -0.15) is 0 Å². The van der Waals surface area contributed by atoms with Crippen LogP contribution in [0.2, 0.25) is 0 Å². The van der Waals surface area contributed by atoms with Gasteiger partial charge in [-0.3, -0.25) is 9.59 Å². The Morgan fingerprint density at radius 2 is 1.57 bits per heavy atom. The number of hydrogen-bond donors (Lipinski definition) is 0. The van der Waals surface area contributed by atoms with E-state index in [9.17, 15) is 9.59 Å². The maximum Gasteiger partial charge on any atom is 0.331 e. The smallest absolute Gasteiger partial charge is 0.331 e. The highest BCUT2D eigenvalue weighted by Gasteiger charge is 2.33. The van der Waals surface area contributed by atoms with Crippen LogP contribution in [0, 0.1) is 0 Å². The van der Waals surface area contributed by atoms with Crippen LogP contribution in [-0.4, -0.2) is 77.7 Å². The molecule has 1 aliphatic heterocycles. The molecule has 1 heterocycles. The molecule has 6 nitrogen and oxygen atoms in total. The minimum Gasteiger partial charge on any atom is -0.465 e. The van der Waals surface area contributed by atoms with Crippen LogP contribution in [-0.2, 0) is 19.1 Å². The Kier molecular flexibility index (Phi) is 7.98. The Labute approximate surface area is 135 Å². The average Bonchev–Trinajstić information content (AvgIpc) is 2.45. The fourth-order valence-electron chi connectivity index (χ4n) is 1.79. The van der Waals surface area contributed by atoms with Crippen LogP contribution < -0.4 is 0 Å². The topological polar surface area (TPSA) is 59.1 Å². The number of likely N-dealkylation sites (N-methyl/N-ethyl adjacent to an activating group) is 1. The maximum absolute atomic E-state index is 11.9. The summed E-state index contributed by atoms with van der Waals surface area (Å²) in [7, 11) is 2.05. The van der Waals surface area contributed by atoms with Crippen molar-refractivity contribution >= 4 is 40.2 Å². The van der Waals surface area contributed by atoms with Crippen molar-refractivity contribution in [3.05, 3.63) is 0 Å². The Balaban J connectivity index is 2.64. The number of thiocarbonyl (C=S) groups is 1. The van der Waals surface area contributed by atoms with E-state index in [0.29, 0.717) is 4.32 Å². The quantitative estimate of drug-likeness (QED) is 0.415. The molecule has 0 N–H and O–H groups in total. The van der Waals surface area contributed by atoms with E-state index in [0.717, 1.165) is 37.9 Å². The average molecular weight is 334 g/mol. The van der Waals surface area contributed by atoms with Crippen LogP contribution >= 0.6 is 24.0 Å². The standard InChI is InChI=1S/C13H22N2O4S2/c1-4-18-11(16)10(12(17)19-5-2)21-13(20)15-8-6-14(3)7-9-15/h10H,4-9H2,1-3H3. The number of nitrogens with zero attached hydrogens (tertiary/aromatic N) is 2. The Morgan fingerprint density at radius 3 is 2.00 bits per heavy atom. The molecule has 0 saturated carbocycles. The van der Waals surface area contributed by atoms with Gasteiger partial charge in [-0.25, -0.2) is 0 Å². The van der Waals surface area contributed by atoms with Crippen LogP contribution in [0.1, 0.15) is 13.8 Å². The van der Waals surface area contributed by atoms with Crippen molar-refractivity contribution in [3.8, 4) is 0 Å². The Bertz CT molecular complexity index is 366. The molecule has 0 spiro atoms. The lowest BCUT2D eigenvalue weighted by Gasteiger charge is -2.34. The first-order valence-electron chi connectivity index (χ1n) is 6.97. The summed E-state index contributed by atoms with van der Waals surface area (Å²) in [5.41, 5.74) is 0. The van der Waals surface area contributed by atoms with Crippen molar-refractivity contribution in [1.29, 1.82) is 0 Å². The molecule has 120 valence electrons. The summed E-state index contributed by atoms with van der Waals surface area (Å²) in [5, 5.41) is -1.04. The maximum atomic E-state index is 11.9. The van der Waals surface area contributed by atoms with Crippen molar-refractivity contribution in [1.82, 2.24) is 9.80 Å². The van der Waals surface area contributed by atoms with E-state index in [1.807, 2.05) is 11.9 Å². The third-order valence-electron chi connectivity index (χ3n) is 2.98. The largest absolute Gasteiger partial charge is 0.465 e. The lowest BCUT2D eigenvalue weighted by Crippen LogP contribution is -2.46. The van der Waals surface area contributed by atoms with Gasteiger partial charge in [-0.05, 0) is 20.9 Å². The molecule has 1 rings (SSSR count). The fourth-order valence-corrected chi connectivity index (χ4v) is 3.13. The van der Waals surface area contributed by atoms with Crippen LogP contribution in [0.3, 0.4) is 0 Å². The SMILES string of the molecule is CCOC(=O)C(SC(=S)N1CCN(C)CC1)C(=O)OCC. The zero-order chi connectivity index (χ0) is 15.8. The molecule has 1 saturated heterocycles. The summed E-state index contributed by atoms with van der Waals surface area (Å²) in [6.07, 6.45) is 0. The second-order valence-corrected chi connectivity index (χ2v) is 6.30. The summed E-state index contributed by atoms with van der Waals surface area (Å²) in [4.78, 5) is 28.0. The summed E-state index contributed by atoms with van der Waals surface area (Å²) in [5.74, 6) is -1.20. The summed E-state index contributed by atoms with van der Waals surface area (Å²) in [6, 6.07) is 0. The minimum absolute atomic E-state index is 0.219. The molecule has 0 amide bonds. The van der Waals surface area contributed by atoms with E-state index in [-0.39, 0.29) is 13.2 Å². The lowest BCUT2D eigenvalue weighted by molar-refractivity contribution is -0.152. The van der Waals surface area contributed by atoms with Gasteiger partial charge in [0.1, 0.15) is 4.32 Å². The molecule has 21 heavy (non-hydrogen) atoms. The van der Waals surface area contributed by atoms with Gasteiger partial charge in [0.25, 0.3) is 0 Å². The molecule has 0 unspecified atom stereocenters.